The van der Waals surface area contributed by atoms with E-state index in [1.165, 1.54) is 17.7 Å². The smallest absolute Gasteiger partial charge is 0.459 e. The van der Waals surface area contributed by atoms with Crippen molar-refractivity contribution in [2.45, 2.75) is 65.2 Å². The van der Waals surface area contributed by atoms with Gasteiger partial charge in [0.15, 0.2) is 0 Å². The Kier molecular flexibility index (Phi) is 8.91. The monoisotopic (exact) mass is 525 g/mol. The summed E-state index contributed by atoms with van der Waals surface area (Å²) in [6.07, 6.45) is -2.01. The van der Waals surface area contributed by atoms with Crippen molar-refractivity contribution in [3.05, 3.63) is 62.9 Å². The lowest BCUT2D eigenvalue weighted by atomic mass is 10.0. The van der Waals surface area contributed by atoms with Crippen LogP contribution in [-0.4, -0.2) is 51.6 Å². The fraction of sp³-hybridized carbons (Fsp3) is 0.522. The topological polar surface area (TPSA) is 158 Å². The molecule has 3 N–H and O–H groups in total. The maximum absolute atomic E-state index is 13.6. The number of aliphatic hydroxyl groups excluding tert-OH is 1. The fourth-order valence-corrected chi connectivity index (χ4v) is 5.13. The number of nitrogens with one attached hydrogen (secondary N) is 2. The van der Waals surface area contributed by atoms with Gasteiger partial charge in [-0.25, -0.2) is 9.36 Å². The van der Waals surface area contributed by atoms with Crippen molar-refractivity contribution in [3.8, 4) is 5.75 Å². The number of aliphatic hydroxyl groups is 1. The SMILES string of the molecule is Cc1cn([C@H]2O[C@@H](CO[P@](=O)(N[C@@H](C)C(=O)OC(C)C)Oc3ccccc3)C(O)[C@H]2C)c(=O)[nH]c1=O. The number of hydrogen-bond donors (Lipinski definition) is 3. The molecule has 13 heteroatoms. The Balaban J connectivity index is 1.77. The van der Waals surface area contributed by atoms with E-state index in [0.29, 0.717) is 5.56 Å². The van der Waals surface area contributed by atoms with Crippen LogP contribution >= 0.6 is 7.75 Å². The van der Waals surface area contributed by atoms with Crippen LogP contribution in [0.4, 0.5) is 0 Å². The predicted octanol–water partition coefficient (Wildman–Crippen LogP) is 1.87. The third kappa shape index (κ3) is 6.71. The number of carbonyl (C=O) groups excluding carboxylic acids is 1. The highest BCUT2D eigenvalue weighted by Crippen LogP contribution is 2.46. The van der Waals surface area contributed by atoms with Crippen LogP contribution in [0.15, 0.2) is 46.1 Å². The highest BCUT2D eigenvalue weighted by Gasteiger charge is 2.44. The van der Waals surface area contributed by atoms with Crippen LogP contribution in [0.1, 0.15) is 39.5 Å². The van der Waals surface area contributed by atoms with Gasteiger partial charge in [-0.1, -0.05) is 25.1 Å². The minimum Gasteiger partial charge on any atom is -0.462 e. The minimum atomic E-state index is -4.17. The maximum atomic E-state index is 13.6. The summed E-state index contributed by atoms with van der Waals surface area (Å²) in [5, 5.41) is 13.3. The maximum Gasteiger partial charge on any atom is 0.459 e. The predicted molar refractivity (Wildman–Crippen MR) is 130 cm³/mol. The van der Waals surface area contributed by atoms with E-state index in [9.17, 15) is 24.1 Å². The quantitative estimate of drug-likeness (QED) is 0.309. The Morgan fingerprint density at radius 2 is 1.92 bits per heavy atom. The standard InChI is InChI=1S/C23H32N3O9P/c1-13(2)33-22(29)16(5)25-36(31,35-17-9-7-6-8-10-17)32-12-18-19(27)15(4)21(34-18)26-11-14(3)20(28)24-23(26)30/h6-11,13,15-16,18-19,21,27H,12H2,1-5H3,(H,25,31)(H,24,28,30)/t15-,16+,18+,19?,21+,36-/m1/s1. The Morgan fingerprint density at radius 1 is 1.25 bits per heavy atom. The summed E-state index contributed by atoms with van der Waals surface area (Å²) in [5.74, 6) is -0.986. The van der Waals surface area contributed by atoms with E-state index < -0.39 is 55.4 Å². The molecule has 0 aliphatic carbocycles. The normalized spacial score (nSPS) is 24.3. The van der Waals surface area contributed by atoms with E-state index in [1.807, 2.05) is 0 Å². The van der Waals surface area contributed by atoms with Gasteiger partial charge in [0.2, 0.25) is 0 Å². The molecule has 0 bridgehead atoms. The van der Waals surface area contributed by atoms with Crippen LogP contribution in [0.3, 0.4) is 0 Å². The van der Waals surface area contributed by atoms with Crippen LogP contribution in [0.2, 0.25) is 0 Å². The summed E-state index contributed by atoms with van der Waals surface area (Å²) >= 11 is 0. The molecule has 1 aliphatic heterocycles. The van der Waals surface area contributed by atoms with Crippen molar-refractivity contribution in [1.29, 1.82) is 0 Å². The molecule has 1 fully saturated rings. The van der Waals surface area contributed by atoms with Crippen LogP contribution < -0.4 is 20.9 Å². The van der Waals surface area contributed by atoms with Crippen molar-refractivity contribution < 1.29 is 33.0 Å². The molecule has 0 saturated carbocycles. The van der Waals surface area contributed by atoms with Gasteiger partial charge in [-0.15, -0.1) is 0 Å². The molecule has 6 atom stereocenters. The molecule has 0 radical (unpaired) electrons. The molecular weight excluding hydrogens is 493 g/mol. The lowest BCUT2D eigenvalue weighted by molar-refractivity contribution is -0.149. The zero-order valence-corrected chi connectivity index (χ0v) is 21.6. The number of para-hydroxylation sites is 1. The zero-order chi connectivity index (χ0) is 26.6. The molecule has 1 aliphatic rings. The number of aromatic nitrogens is 2. The zero-order valence-electron chi connectivity index (χ0n) is 20.7. The molecule has 1 saturated heterocycles. The number of carbonyl (C=O) groups is 1. The summed E-state index contributed by atoms with van der Waals surface area (Å²) in [6, 6.07) is 7.20. The molecule has 36 heavy (non-hydrogen) atoms. The first-order valence-electron chi connectivity index (χ1n) is 11.5. The van der Waals surface area contributed by atoms with Crippen molar-refractivity contribution in [1.82, 2.24) is 14.6 Å². The van der Waals surface area contributed by atoms with Crippen LogP contribution in [-0.2, 0) is 23.4 Å². The van der Waals surface area contributed by atoms with Gasteiger partial charge in [-0.3, -0.25) is 23.7 Å². The van der Waals surface area contributed by atoms with Gasteiger partial charge in [0, 0.05) is 17.7 Å². The first kappa shape index (κ1) is 27.8. The Bertz CT molecular complexity index is 1210. The number of esters is 1. The minimum absolute atomic E-state index is 0.229. The van der Waals surface area contributed by atoms with Gasteiger partial charge < -0.3 is 19.1 Å². The van der Waals surface area contributed by atoms with Crippen LogP contribution in [0, 0.1) is 12.8 Å². The summed E-state index contributed by atoms with van der Waals surface area (Å²) in [6.45, 7) is 7.66. The molecule has 198 valence electrons. The second-order valence-corrected chi connectivity index (χ2v) is 10.6. The molecule has 2 heterocycles. The number of benzene rings is 1. The molecular formula is C23H32N3O9P. The number of ether oxygens (including phenoxy) is 2. The average Bonchev–Trinajstić information content (AvgIpc) is 3.08. The van der Waals surface area contributed by atoms with E-state index in [-0.39, 0.29) is 18.5 Å². The van der Waals surface area contributed by atoms with Gasteiger partial charge in [-0.05, 0) is 39.8 Å². The lowest BCUT2D eigenvalue weighted by Crippen LogP contribution is -2.37. The Labute approximate surface area is 208 Å². The molecule has 2 aromatic rings. The highest BCUT2D eigenvalue weighted by atomic mass is 31.2. The third-order valence-corrected chi connectivity index (χ3v) is 7.18. The van der Waals surface area contributed by atoms with Crippen molar-refractivity contribution >= 4 is 13.7 Å². The van der Waals surface area contributed by atoms with Gasteiger partial charge in [0.1, 0.15) is 24.1 Å². The van der Waals surface area contributed by atoms with Gasteiger partial charge in [0.25, 0.3) is 5.56 Å². The summed E-state index contributed by atoms with van der Waals surface area (Å²) in [5.41, 5.74) is -0.905. The number of rotatable bonds is 10. The molecule has 0 amide bonds. The van der Waals surface area contributed by atoms with Crippen molar-refractivity contribution in [2.75, 3.05) is 6.61 Å². The van der Waals surface area contributed by atoms with Gasteiger partial charge >= 0.3 is 19.4 Å². The molecule has 1 unspecified atom stereocenters. The molecule has 12 nitrogen and oxygen atoms in total. The van der Waals surface area contributed by atoms with Crippen molar-refractivity contribution in [2.24, 2.45) is 5.92 Å². The summed E-state index contributed by atoms with van der Waals surface area (Å²) in [4.78, 5) is 38.5. The molecule has 3 rings (SSSR count). The number of hydrogen-bond acceptors (Lipinski definition) is 9. The summed E-state index contributed by atoms with van der Waals surface area (Å²) in [7, 11) is -4.17. The fourth-order valence-electron chi connectivity index (χ4n) is 3.63. The summed E-state index contributed by atoms with van der Waals surface area (Å²) < 4.78 is 37.0. The number of H-pyrrole nitrogens is 1. The van der Waals surface area contributed by atoms with E-state index in [1.54, 1.807) is 58.0 Å². The average molecular weight is 525 g/mol. The number of aromatic amines is 1. The molecule has 1 aromatic heterocycles. The largest absolute Gasteiger partial charge is 0.462 e. The Morgan fingerprint density at radius 3 is 2.56 bits per heavy atom. The lowest BCUT2D eigenvalue weighted by Gasteiger charge is -2.25. The van der Waals surface area contributed by atoms with Crippen LogP contribution in [0.25, 0.3) is 0 Å². The second-order valence-electron chi connectivity index (χ2n) is 8.93. The van der Waals surface area contributed by atoms with Gasteiger partial charge in [0.05, 0.1) is 18.8 Å². The van der Waals surface area contributed by atoms with Gasteiger partial charge in [-0.2, -0.15) is 5.09 Å². The Hall–Kier alpha value is -2.76. The molecule has 1 aromatic carbocycles. The first-order chi connectivity index (χ1) is 16.9. The van der Waals surface area contributed by atoms with E-state index in [0.717, 1.165) is 0 Å². The highest BCUT2D eigenvalue weighted by molar-refractivity contribution is 7.52. The first-order valence-corrected chi connectivity index (χ1v) is 13.1. The third-order valence-electron chi connectivity index (χ3n) is 5.54. The van der Waals surface area contributed by atoms with E-state index >= 15 is 0 Å². The molecule has 0 spiro atoms. The number of aryl methyl sites for hydroxylation is 1. The van der Waals surface area contributed by atoms with E-state index in [2.05, 4.69) is 10.1 Å². The van der Waals surface area contributed by atoms with E-state index in [4.69, 9.17) is 18.5 Å². The number of nitrogens with zero attached hydrogens (tertiary/aromatic N) is 1. The van der Waals surface area contributed by atoms with Crippen LogP contribution in [0.5, 0.6) is 5.75 Å². The van der Waals surface area contributed by atoms with Crippen molar-refractivity contribution in [3.63, 3.8) is 0 Å². The second kappa shape index (κ2) is 11.5.